The number of aromatic nitrogens is 3. The molecule has 2 heterocycles. The molecule has 7 nitrogen and oxygen atoms in total. The molecule has 2 aromatic heterocycles. The van der Waals surface area contributed by atoms with Crippen molar-refractivity contribution in [1.82, 2.24) is 14.3 Å². The van der Waals surface area contributed by atoms with Crippen LogP contribution in [0.2, 0.25) is 0 Å². The Bertz CT molecular complexity index is 984. The van der Waals surface area contributed by atoms with Gasteiger partial charge in [0.2, 0.25) is 0 Å². The van der Waals surface area contributed by atoms with Gasteiger partial charge in [0.25, 0.3) is 5.91 Å². The number of hydrogen-bond acceptors (Lipinski definition) is 4. The molecule has 136 valence electrons. The van der Waals surface area contributed by atoms with Crippen molar-refractivity contribution in [2.75, 3.05) is 11.9 Å². The van der Waals surface area contributed by atoms with Crippen LogP contribution in [0.5, 0.6) is 0 Å². The fourth-order valence-corrected chi connectivity index (χ4v) is 3.01. The van der Waals surface area contributed by atoms with Crippen LogP contribution in [-0.2, 0) is 27.9 Å². The van der Waals surface area contributed by atoms with E-state index in [2.05, 4.69) is 10.4 Å². The highest BCUT2D eigenvalue weighted by atomic mass is 16.5. The monoisotopic (exact) mass is 354 g/mol. The van der Waals surface area contributed by atoms with E-state index in [0.717, 1.165) is 28.0 Å². The van der Waals surface area contributed by atoms with Crippen LogP contribution in [0.4, 0.5) is 5.69 Å². The number of carbonyl (C=O) groups is 2. The SMILES string of the molecule is Cc1nn(C)c(C)c1NC(=O)COC(=O)Cn1c(C)cc2ccccc21. The molecular formula is C19H22N4O3. The third-order valence-electron chi connectivity index (χ3n) is 4.44. The molecule has 0 fully saturated rings. The Labute approximate surface area is 151 Å². The van der Waals surface area contributed by atoms with Gasteiger partial charge in [0.05, 0.1) is 17.1 Å². The molecule has 7 heteroatoms. The number of anilines is 1. The topological polar surface area (TPSA) is 78.2 Å². The summed E-state index contributed by atoms with van der Waals surface area (Å²) in [6, 6.07) is 9.85. The van der Waals surface area contributed by atoms with Crippen molar-refractivity contribution in [2.45, 2.75) is 27.3 Å². The lowest BCUT2D eigenvalue weighted by atomic mass is 10.2. The van der Waals surface area contributed by atoms with E-state index in [1.54, 1.807) is 4.68 Å². The van der Waals surface area contributed by atoms with Gasteiger partial charge >= 0.3 is 5.97 Å². The Morgan fingerprint density at radius 1 is 1.19 bits per heavy atom. The molecule has 0 unspecified atom stereocenters. The molecule has 0 saturated heterocycles. The highest BCUT2D eigenvalue weighted by molar-refractivity contribution is 5.94. The summed E-state index contributed by atoms with van der Waals surface area (Å²) in [7, 11) is 1.81. The zero-order valence-electron chi connectivity index (χ0n) is 15.4. The van der Waals surface area contributed by atoms with E-state index in [4.69, 9.17) is 4.74 Å². The Morgan fingerprint density at radius 3 is 2.62 bits per heavy atom. The molecule has 1 amide bonds. The average molecular weight is 354 g/mol. The summed E-state index contributed by atoms with van der Waals surface area (Å²) in [6.07, 6.45) is 0. The van der Waals surface area contributed by atoms with Gasteiger partial charge in [0.15, 0.2) is 6.61 Å². The fourth-order valence-electron chi connectivity index (χ4n) is 3.01. The van der Waals surface area contributed by atoms with Crippen molar-refractivity contribution >= 4 is 28.5 Å². The molecular weight excluding hydrogens is 332 g/mol. The predicted molar refractivity (Wildman–Crippen MR) is 98.9 cm³/mol. The average Bonchev–Trinajstić information content (AvgIpc) is 3.04. The van der Waals surface area contributed by atoms with Crippen molar-refractivity contribution in [3.63, 3.8) is 0 Å². The van der Waals surface area contributed by atoms with Crippen LogP contribution in [0.3, 0.4) is 0 Å². The van der Waals surface area contributed by atoms with Crippen LogP contribution in [0.1, 0.15) is 17.1 Å². The lowest BCUT2D eigenvalue weighted by molar-refractivity contribution is -0.147. The minimum Gasteiger partial charge on any atom is -0.454 e. The lowest BCUT2D eigenvalue weighted by Gasteiger charge is -2.09. The van der Waals surface area contributed by atoms with Gasteiger partial charge in [-0.3, -0.25) is 14.3 Å². The van der Waals surface area contributed by atoms with E-state index in [-0.39, 0.29) is 19.1 Å². The molecule has 0 spiro atoms. The third-order valence-corrected chi connectivity index (χ3v) is 4.44. The number of nitrogens with one attached hydrogen (secondary N) is 1. The summed E-state index contributed by atoms with van der Waals surface area (Å²) in [5.41, 5.74) is 4.15. The van der Waals surface area contributed by atoms with Crippen LogP contribution in [0, 0.1) is 20.8 Å². The molecule has 3 aromatic rings. The molecule has 0 aliphatic carbocycles. The van der Waals surface area contributed by atoms with Crippen molar-refractivity contribution in [3.05, 3.63) is 47.4 Å². The molecule has 0 bridgehead atoms. The van der Waals surface area contributed by atoms with Crippen molar-refractivity contribution in [1.29, 1.82) is 0 Å². The van der Waals surface area contributed by atoms with E-state index < -0.39 is 5.97 Å². The third kappa shape index (κ3) is 3.46. The second kappa shape index (κ2) is 7.03. The van der Waals surface area contributed by atoms with E-state index in [1.165, 1.54) is 0 Å². The number of nitrogens with zero attached hydrogens (tertiary/aromatic N) is 3. The Hall–Kier alpha value is -3.09. The number of esters is 1. The first-order chi connectivity index (χ1) is 12.4. The first-order valence-electron chi connectivity index (χ1n) is 8.37. The van der Waals surface area contributed by atoms with Crippen LogP contribution < -0.4 is 5.32 Å². The van der Waals surface area contributed by atoms with Crippen LogP contribution in [-0.4, -0.2) is 32.8 Å². The van der Waals surface area contributed by atoms with Gasteiger partial charge in [-0.2, -0.15) is 5.10 Å². The van der Waals surface area contributed by atoms with E-state index >= 15 is 0 Å². The number of amides is 1. The number of benzene rings is 1. The maximum absolute atomic E-state index is 12.2. The number of carbonyl (C=O) groups excluding carboxylic acids is 2. The van der Waals surface area contributed by atoms with Crippen LogP contribution in [0.25, 0.3) is 10.9 Å². The standard InChI is InChI=1S/C19H22N4O3/c1-12-9-15-7-5-6-8-16(15)23(12)10-18(25)26-11-17(24)20-19-13(2)21-22(4)14(19)3/h5-9H,10-11H2,1-4H3,(H,20,24). The first kappa shape index (κ1) is 17.7. The molecule has 0 aliphatic rings. The highest BCUT2D eigenvalue weighted by Crippen LogP contribution is 2.19. The molecule has 0 saturated carbocycles. The predicted octanol–water partition coefficient (Wildman–Crippen LogP) is 2.48. The number of hydrogen-bond donors (Lipinski definition) is 1. The van der Waals surface area contributed by atoms with Gasteiger partial charge in [-0.1, -0.05) is 18.2 Å². The molecule has 1 N–H and O–H groups in total. The number of ether oxygens (including phenoxy) is 1. The molecule has 0 radical (unpaired) electrons. The number of fused-ring (bicyclic) bond motifs is 1. The summed E-state index contributed by atoms with van der Waals surface area (Å²) in [6.45, 7) is 5.35. The summed E-state index contributed by atoms with van der Waals surface area (Å²) < 4.78 is 8.71. The minimum atomic E-state index is -0.454. The number of rotatable bonds is 5. The first-order valence-corrected chi connectivity index (χ1v) is 8.37. The van der Waals surface area contributed by atoms with Gasteiger partial charge in [0.1, 0.15) is 6.54 Å². The molecule has 3 rings (SSSR count). The van der Waals surface area contributed by atoms with E-state index in [0.29, 0.717) is 5.69 Å². The molecule has 1 aromatic carbocycles. The van der Waals surface area contributed by atoms with E-state index in [9.17, 15) is 9.59 Å². The summed E-state index contributed by atoms with van der Waals surface area (Å²) in [5.74, 6) is -0.837. The van der Waals surface area contributed by atoms with Crippen molar-refractivity contribution in [3.8, 4) is 0 Å². The Morgan fingerprint density at radius 2 is 1.92 bits per heavy atom. The van der Waals surface area contributed by atoms with Crippen molar-refractivity contribution < 1.29 is 14.3 Å². The zero-order valence-corrected chi connectivity index (χ0v) is 15.4. The zero-order chi connectivity index (χ0) is 18.8. The minimum absolute atomic E-state index is 0.0670. The van der Waals surface area contributed by atoms with Crippen LogP contribution in [0.15, 0.2) is 30.3 Å². The van der Waals surface area contributed by atoms with Gasteiger partial charge in [0, 0.05) is 18.3 Å². The van der Waals surface area contributed by atoms with Gasteiger partial charge in [-0.25, -0.2) is 0 Å². The van der Waals surface area contributed by atoms with Gasteiger partial charge < -0.3 is 14.6 Å². The molecule has 0 aliphatic heterocycles. The number of aryl methyl sites for hydroxylation is 3. The summed E-state index contributed by atoms with van der Waals surface area (Å²) >= 11 is 0. The van der Waals surface area contributed by atoms with Crippen molar-refractivity contribution in [2.24, 2.45) is 7.05 Å². The molecule has 0 atom stereocenters. The van der Waals surface area contributed by atoms with Gasteiger partial charge in [-0.15, -0.1) is 0 Å². The molecule has 26 heavy (non-hydrogen) atoms. The Kier molecular flexibility index (Phi) is 4.79. The fraction of sp³-hybridized carbons (Fsp3) is 0.316. The van der Waals surface area contributed by atoms with Gasteiger partial charge in [-0.05, 0) is 38.3 Å². The maximum atomic E-state index is 12.2. The van der Waals surface area contributed by atoms with E-state index in [1.807, 2.05) is 62.7 Å². The largest absolute Gasteiger partial charge is 0.454 e. The number of para-hydroxylation sites is 1. The highest BCUT2D eigenvalue weighted by Gasteiger charge is 2.15. The second-order valence-corrected chi connectivity index (χ2v) is 6.31. The second-order valence-electron chi connectivity index (χ2n) is 6.31. The Balaban J connectivity index is 1.60. The van der Waals surface area contributed by atoms with Crippen LogP contribution >= 0.6 is 0 Å². The maximum Gasteiger partial charge on any atom is 0.326 e. The summed E-state index contributed by atoms with van der Waals surface area (Å²) in [5, 5.41) is 8.05. The summed E-state index contributed by atoms with van der Waals surface area (Å²) in [4.78, 5) is 24.2. The quantitative estimate of drug-likeness (QED) is 0.714. The smallest absolute Gasteiger partial charge is 0.326 e. The lowest BCUT2D eigenvalue weighted by Crippen LogP contribution is -2.23. The normalized spacial score (nSPS) is 10.9.